The number of hydrogen-bond donors (Lipinski definition) is 0. The summed E-state index contributed by atoms with van der Waals surface area (Å²) < 4.78 is 61.1. The van der Waals surface area contributed by atoms with Gasteiger partial charge in [-0.2, -0.15) is 0 Å². The number of ether oxygens (including phenoxy) is 11. The molecule has 15 heteroatoms. The van der Waals surface area contributed by atoms with E-state index in [0.29, 0.717) is 145 Å². The number of nitrogens with zero attached hydrogens (tertiary/aromatic N) is 4. The van der Waals surface area contributed by atoms with E-state index in [0.717, 1.165) is 33.9 Å². The molecule has 0 bridgehead atoms. The molecule has 0 unspecified atom stereocenters. The van der Waals surface area contributed by atoms with Crippen LogP contribution in [0.5, 0.6) is 0 Å². The van der Waals surface area contributed by atoms with Crippen LogP contribution in [-0.4, -0.2) is 152 Å². The van der Waals surface area contributed by atoms with Crippen LogP contribution in [0.4, 0.5) is 0 Å². The van der Waals surface area contributed by atoms with Gasteiger partial charge in [0.2, 0.25) is 0 Å². The maximum atomic E-state index is 5.66. The Hall–Kier alpha value is -3.84. The first-order chi connectivity index (χ1) is 28.4. The topological polar surface area (TPSA) is 153 Å². The molecule has 4 heterocycles. The molecule has 4 aromatic heterocycles. The molecule has 312 valence electrons. The fraction of sp³-hybridized carbons (Fsp3) is 0.524. The molecule has 15 nitrogen and oxygen atoms in total. The average molecular weight is 795 g/mol. The van der Waals surface area contributed by atoms with E-state index in [9.17, 15) is 0 Å². The second-order valence-corrected chi connectivity index (χ2v) is 12.1. The predicted octanol–water partition coefficient (Wildman–Crippen LogP) is 4.48. The Bertz CT molecular complexity index is 1380. The Morgan fingerprint density at radius 2 is 0.526 bits per heavy atom. The Labute approximate surface area is 336 Å². The number of aromatic nitrogens is 4. The summed E-state index contributed by atoms with van der Waals surface area (Å²) >= 11 is 0. The predicted molar refractivity (Wildman–Crippen MR) is 212 cm³/mol. The van der Waals surface area contributed by atoms with E-state index in [1.165, 1.54) is 0 Å². The van der Waals surface area contributed by atoms with Gasteiger partial charge < -0.3 is 52.1 Å². The molecule has 0 aliphatic rings. The molecule has 4 aromatic rings. The third kappa shape index (κ3) is 22.6. The fourth-order valence-corrected chi connectivity index (χ4v) is 4.83. The first kappa shape index (κ1) is 45.9. The first-order valence-electron chi connectivity index (χ1n) is 19.5. The quantitative estimate of drug-likeness (QED) is 0.0595. The highest BCUT2D eigenvalue weighted by Gasteiger charge is 2.03. The van der Waals surface area contributed by atoms with Crippen LogP contribution >= 0.6 is 0 Å². The molecule has 0 fully saturated rings. The zero-order chi connectivity index (χ0) is 39.5. The van der Waals surface area contributed by atoms with Gasteiger partial charge in [0.15, 0.2) is 0 Å². The molecule has 0 aliphatic carbocycles. The number of pyridine rings is 4. The minimum atomic E-state index is 0.482. The highest BCUT2D eigenvalue weighted by molar-refractivity contribution is 5.54. The lowest BCUT2D eigenvalue weighted by molar-refractivity contribution is -0.0279. The lowest BCUT2D eigenvalue weighted by atomic mass is 10.2. The highest BCUT2D eigenvalue weighted by Crippen LogP contribution is 2.15. The van der Waals surface area contributed by atoms with Crippen LogP contribution in [-0.2, 0) is 65.3 Å². The molecule has 0 saturated heterocycles. The monoisotopic (exact) mass is 794 g/mol. The van der Waals surface area contributed by atoms with Gasteiger partial charge in [-0.25, -0.2) is 0 Å². The molecule has 0 saturated carbocycles. The van der Waals surface area contributed by atoms with Crippen LogP contribution in [0.2, 0.25) is 0 Å². The Balaban J connectivity index is 0.769. The van der Waals surface area contributed by atoms with Crippen molar-refractivity contribution >= 4 is 0 Å². The number of rotatable bonds is 36. The molecule has 0 spiro atoms. The molecule has 57 heavy (non-hydrogen) atoms. The van der Waals surface area contributed by atoms with Gasteiger partial charge in [0.25, 0.3) is 0 Å². The van der Waals surface area contributed by atoms with E-state index in [1.54, 1.807) is 12.4 Å². The van der Waals surface area contributed by atoms with Crippen molar-refractivity contribution in [3.05, 3.63) is 96.6 Å². The number of hydrogen-bond acceptors (Lipinski definition) is 15. The van der Waals surface area contributed by atoms with Crippen molar-refractivity contribution in [1.29, 1.82) is 0 Å². The summed E-state index contributed by atoms with van der Waals surface area (Å²) in [5, 5.41) is 0. The summed E-state index contributed by atoms with van der Waals surface area (Å²) in [6.45, 7) is 11.0. The third-order valence-electron chi connectivity index (χ3n) is 7.76. The summed E-state index contributed by atoms with van der Waals surface area (Å²) in [6.07, 6.45) is 7.13. The van der Waals surface area contributed by atoms with Crippen LogP contribution in [0, 0.1) is 0 Å². The lowest BCUT2D eigenvalue weighted by Gasteiger charge is -2.09. The van der Waals surface area contributed by atoms with Crippen molar-refractivity contribution in [3.8, 4) is 22.8 Å². The standard InChI is InChI=1S/C42H58N4O11/c1-3-11-43-39(5-1)41-9-7-37(33-45-41)35-56-31-29-54-27-25-52-23-21-50-19-17-48-15-13-47-14-16-49-18-20-51-22-24-53-26-28-55-30-32-57-36-38-8-10-42(46-34-38)40-6-2-4-12-44-40/h1-12,33-34H,13-32,35-36H2. The molecular formula is C42H58N4O11. The van der Waals surface area contributed by atoms with Crippen molar-refractivity contribution in [3.63, 3.8) is 0 Å². The van der Waals surface area contributed by atoms with Crippen LogP contribution < -0.4 is 0 Å². The van der Waals surface area contributed by atoms with E-state index in [4.69, 9.17) is 52.1 Å². The molecule has 0 aromatic carbocycles. The first-order valence-corrected chi connectivity index (χ1v) is 19.5. The highest BCUT2D eigenvalue weighted by atomic mass is 16.6. The van der Waals surface area contributed by atoms with Crippen molar-refractivity contribution < 1.29 is 52.1 Å². The van der Waals surface area contributed by atoms with Crippen LogP contribution in [0.1, 0.15) is 11.1 Å². The van der Waals surface area contributed by atoms with Gasteiger partial charge in [0.05, 0.1) is 168 Å². The third-order valence-corrected chi connectivity index (χ3v) is 7.76. The molecule has 0 N–H and O–H groups in total. The van der Waals surface area contributed by atoms with Crippen molar-refractivity contribution in [1.82, 2.24) is 19.9 Å². The average Bonchev–Trinajstić information content (AvgIpc) is 3.26. The molecule has 0 atom stereocenters. The van der Waals surface area contributed by atoms with Gasteiger partial charge in [-0.3, -0.25) is 19.9 Å². The molecular weight excluding hydrogens is 736 g/mol. The van der Waals surface area contributed by atoms with Crippen molar-refractivity contribution in [2.45, 2.75) is 13.2 Å². The van der Waals surface area contributed by atoms with Crippen LogP contribution in [0.15, 0.2) is 85.5 Å². The summed E-state index contributed by atoms with van der Waals surface area (Å²) in [7, 11) is 0. The van der Waals surface area contributed by atoms with Crippen molar-refractivity contribution in [2.24, 2.45) is 0 Å². The van der Waals surface area contributed by atoms with Crippen LogP contribution in [0.3, 0.4) is 0 Å². The Kier molecular flexibility index (Phi) is 25.9. The van der Waals surface area contributed by atoms with Gasteiger partial charge in [-0.1, -0.05) is 24.3 Å². The molecule has 4 rings (SSSR count). The fourth-order valence-electron chi connectivity index (χ4n) is 4.83. The normalized spacial score (nSPS) is 11.4. The molecule has 0 radical (unpaired) electrons. The van der Waals surface area contributed by atoms with E-state index in [-0.39, 0.29) is 0 Å². The summed E-state index contributed by atoms with van der Waals surface area (Å²) in [4.78, 5) is 17.5. The maximum Gasteiger partial charge on any atom is 0.0886 e. The van der Waals surface area contributed by atoms with E-state index < -0.39 is 0 Å². The zero-order valence-electron chi connectivity index (χ0n) is 32.9. The summed E-state index contributed by atoms with van der Waals surface area (Å²) in [5.74, 6) is 0. The Morgan fingerprint density at radius 3 is 0.754 bits per heavy atom. The van der Waals surface area contributed by atoms with Gasteiger partial charge >= 0.3 is 0 Å². The summed E-state index contributed by atoms with van der Waals surface area (Å²) in [5.41, 5.74) is 5.39. The Morgan fingerprint density at radius 1 is 0.263 bits per heavy atom. The summed E-state index contributed by atoms with van der Waals surface area (Å²) in [6, 6.07) is 19.4. The maximum absolute atomic E-state index is 5.66. The largest absolute Gasteiger partial charge is 0.377 e. The molecule has 0 amide bonds. The van der Waals surface area contributed by atoms with Gasteiger partial charge in [0, 0.05) is 24.8 Å². The van der Waals surface area contributed by atoms with Gasteiger partial charge in [-0.15, -0.1) is 0 Å². The molecule has 0 aliphatic heterocycles. The minimum Gasteiger partial charge on any atom is -0.377 e. The second-order valence-electron chi connectivity index (χ2n) is 12.1. The van der Waals surface area contributed by atoms with Crippen LogP contribution in [0.25, 0.3) is 22.8 Å². The smallest absolute Gasteiger partial charge is 0.0886 e. The van der Waals surface area contributed by atoms with E-state index >= 15 is 0 Å². The zero-order valence-corrected chi connectivity index (χ0v) is 32.9. The SMILES string of the molecule is c1ccc(-c2ccc(COCCOCCOCCOCCOCCOCCOCCOCCOCCOCCOCc3ccc(-c4ccccn4)nc3)cn2)nc1. The second kappa shape index (κ2) is 32.2. The minimum absolute atomic E-state index is 0.482. The van der Waals surface area contributed by atoms with Gasteiger partial charge in [0.1, 0.15) is 0 Å². The van der Waals surface area contributed by atoms with E-state index in [2.05, 4.69) is 19.9 Å². The van der Waals surface area contributed by atoms with E-state index in [1.807, 2.05) is 73.1 Å². The lowest BCUT2D eigenvalue weighted by Crippen LogP contribution is -2.15. The van der Waals surface area contributed by atoms with Gasteiger partial charge in [-0.05, 0) is 47.5 Å². The van der Waals surface area contributed by atoms with Crippen molar-refractivity contribution in [2.75, 3.05) is 132 Å².